The van der Waals surface area contributed by atoms with Gasteiger partial charge in [0.1, 0.15) is 25.2 Å². The van der Waals surface area contributed by atoms with E-state index < -0.39 is 6.17 Å². The summed E-state index contributed by atoms with van der Waals surface area (Å²) in [5.41, 5.74) is 4.90. The fourth-order valence-electron chi connectivity index (χ4n) is 7.87. The molecule has 0 unspecified atom stereocenters. The third kappa shape index (κ3) is 8.10. The average molecular weight is 681 g/mol. The number of nitrogens with one attached hydrogen (secondary N) is 1. The first-order chi connectivity index (χ1) is 24.3. The van der Waals surface area contributed by atoms with Gasteiger partial charge in [0, 0.05) is 42.9 Å². The van der Waals surface area contributed by atoms with Crippen LogP contribution in [0.5, 0.6) is 5.88 Å². The van der Waals surface area contributed by atoms with Crippen molar-refractivity contribution in [3.8, 4) is 17.0 Å². The summed E-state index contributed by atoms with van der Waals surface area (Å²) >= 11 is 0. The fraction of sp³-hybridized carbons (Fsp3) is 0.415. The molecule has 9 heteroatoms. The summed E-state index contributed by atoms with van der Waals surface area (Å²) < 4.78 is 42.7. The molecule has 2 atom stereocenters. The molecule has 3 heterocycles. The molecule has 3 aromatic carbocycles. The first-order valence-electron chi connectivity index (χ1n) is 17.9. The van der Waals surface area contributed by atoms with E-state index in [1.54, 1.807) is 6.07 Å². The second-order valence-electron chi connectivity index (χ2n) is 14.4. The van der Waals surface area contributed by atoms with Crippen LogP contribution in [0.25, 0.3) is 11.1 Å². The van der Waals surface area contributed by atoms with Crippen LogP contribution in [0.1, 0.15) is 48.9 Å². The second-order valence-corrected chi connectivity index (χ2v) is 14.4. The van der Waals surface area contributed by atoms with Crippen molar-refractivity contribution in [2.75, 3.05) is 37.6 Å². The van der Waals surface area contributed by atoms with Crippen molar-refractivity contribution < 1.29 is 23.0 Å². The van der Waals surface area contributed by atoms with Crippen LogP contribution >= 0.6 is 0 Å². The number of likely N-dealkylation sites (tertiary alicyclic amines) is 1. The minimum absolute atomic E-state index is 0.0687. The van der Waals surface area contributed by atoms with Crippen LogP contribution in [-0.4, -0.2) is 60.9 Å². The third-order valence-corrected chi connectivity index (χ3v) is 10.8. The molecule has 7 rings (SSSR count). The van der Waals surface area contributed by atoms with Gasteiger partial charge in [-0.15, -0.1) is 0 Å². The molecule has 0 radical (unpaired) electrons. The second kappa shape index (κ2) is 15.2. The highest BCUT2D eigenvalue weighted by Gasteiger charge is 2.47. The Morgan fingerprint density at radius 2 is 1.62 bits per heavy atom. The van der Waals surface area contributed by atoms with Gasteiger partial charge < -0.3 is 24.6 Å². The lowest BCUT2D eigenvalue weighted by Crippen LogP contribution is -2.56. The Morgan fingerprint density at radius 3 is 2.30 bits per heavy atom. The molecule has 50 heavy (non-hydrogen) atoms. The number of hydrogen-bond donors (Lipinski definition) is 1. The molecule has 262 valence electrons. The number of benzene rings is 3. The maximum absolute atomic E-state index is 15.6. The van der Waals surface area contributed by atoms with E-state index in [-0.39, 0.29) is 42.4 Å². The Kier molecular flexibility index (Phi) is 10.3. The lowest BCUT2D eigenvalue weighted by molar-refractivity contribution is -0.00365. The molecule has 7 nitrogen and oxygen atoms in total. The minimum Gasteiger partial charge on any atom is -0.472 e. The van der Waals surface area contributed by atoms with Crippen LogP contribution in [0.15, 0.2) is 91.0 Å². The Morgan fingerprint density at radius 1 is 0.920 bits per heavy atom. The van der Waals surface area contributed by atoms with Crippen molar-refractivity contribution in [3.05, 3.63) is 114 Å². The van der Waals surface area contributed by atoms with E-state index in [4.69, 9.17) is 9.47 Å². The molecule has 1 spiro atoms. The number of alkyl carbamates (subject to hydrolysis) is 1. The Hall–Kier alpha value is -4.50. The number of aryl methyl sites for hydroxylation is 1. The maximum Gasteiger partial charge on any atom is 0.407 e. The molecule has 3 fully saturated rings. The van der Waals surface area contributed by atoms with E-state index in [2.05, 4.69) is 15.2 Å². The number of halogens is 2. The minimum atomic E-state index is -1.03. The number of amides is 1. The molecule has 0 bridgehead atoms. The van der Waals surface area contributed by atoms with Gasteiger partial charge >= 0.3 is 6.09 Å². The number of aromatic nitrogens is 1. The van der Waals surface area contributed by atoms with E-state index in [9.17, 15) is 4.79 Å². The molecule has 1 saturated carbocycles. The van der Waals surface area contributed by atoms with E-state index >= 15 is 8.78 Å². The highest BCUT2D eigenvalue weighted by molar-refractivity contribution is 5.71. The number of pyridine rings is 1. The average Bonchev–Trinajstić information content (AvgIpc) is 3.12. The van der Waals surface area contributed by atoms with Gasteiger partial charge in [-0.3, -0.25) is 0 Å². The van der Waals surface area contributed by atoms with Gasteiger partial charge in [0.25, 0.3) is 0 Å². The van der Waals surface area contributed by atoms with Crippen molar-refractivity contribution in [2.24, 2.45) is 11.3 Å². The molecule has 1 aliphatic carbocycles. The van der Waals surface area contributed by atoms with E-state index in [0.717, 1.165) is 67.7 Å². The van der Waals surface area contributed by atoms with E-state index in [0.29, 0.717) is 36.7 Å². The zero-order chi connectivity index (χ0) is 34.5. The van der Waals surface area contributed by atoms with Crippen LogP contribution in [0.3, 0.4) is 0 Å². The number of carbonyl (C=O) groups is 1. The molecule has 1 aromatic heterocycles. The standard InChI is InChI=1S/C41H46F2N4O3/c1-29-12-14-35(39(44-29)49-27-30-8-4-2-5-9-30)32-13-15-38(36(42)22-32)47-19-16-33(37(43)26-47)25-46-20-17-41(18-21-46)23-34(24-41)45-40(48)50-28-31-10-6-3-7-11-31/h2-15,22,33-34,37H,16-21,23-28H2,1H3,(H,45,48)/t33-,37-/m0/s1. The van der Waals surface area contributed by atoms with Crippen LogP contribution in [0, 0.1) is 24.1 Å². The van der Waals surface area contributed by atoms with Gasteiger partial charge in [-0.2, -0.15) is 0 Å². The summed E-state index contributed by atoms with van der Waals surface area (Å²) in [5, 5.41) is 3.02. The summed E-state index contributed by atoms with van der Waals surface area (Å²) in [6.07, 6.45) is 3.36. The van der Waals surface area contributed by atoms with Crippen molar-refractivity contribution >= 4 is 11.8 Å². The predicted molar refractivity (Wildman–Crippen MR) is 191 cm³/mol. The summed E-state index contributed by atoms with van der Waals surface area (Å²) in [7, 11) is 0. The topological polar surface area (TPSA) is 66.9 Å². The monoisotopic (exact) mass is 680 g/mol. The summed E-state index contributed by atoms with van der Waals surface area (Å²) in [6, 6.07) is 28.6. The predicted octanol–water partition coefficient (Wildman–Crippen LogP) is 8.11. The largest absolute Gasteiger partial charge is 0.472 e. The molecular formula is C41H46F2N4O3. The Balaban J connectivity index is 0.870. The van der Waals surface area contributed by atoms with Crippen molar-refractivity contribution in [2.45, 2.75) is 64.5 Å². The van der Waals surface area contributed by atoms with Gasteiger partial charge in [0.15, 0.2) is 0 Å². The fourth-order valence-corrected chi connectivity index (χ4v) is 7.87. The number of rotatable bonds is 10. The van der Waals surface area contributed by atoms with Gasteiger partial charge in [-0.1, -0.05) is 66.7 Å². The van der Waals surface area contributed by atoms with Gasteiger partial charge in [-0.25, -0.2) is 18.6 Å². The highest BCUT2D eigenvalue weighted by atomic mass is 19.1. The smallest absolute Gasteiger partial charge is 0.407 e. The Labute approximate surface area is 293 Å². The summed E-state index contributed by atoms with van der Waals surface area (Å²) in [6.45, 7) is 5.95. The zero-order valence-electron chi connectivity index (χ0n) is 28.7. The number of carbonyl (C=O) groups excluding carboxylic acids is 1. The molecule has 3 aliphatic rings. The van der Waals surface area contributed by atoms with Crippen LogP contribution in [0.4, 0.5) is 19.3 Å². The van der Waals surface area contributed by atoms with E-state index in [1.807, 2.05) is 90.7 Å². The number of ether oxygens (including phenoxy) is 2. The molecule has 1 N–H and O–H groups in total. The normalized spacial score (nSPS) is 20.7. The van der Waals surface area contributed by atoms with Crippen molar-refractivity contribution in [3.63, 3.8) is 0 Å². The summed E-state index contributed by atoms with van der Waals surface area (Å²) in [4.78, 5) is 21.1. The zero-order valence-corrected chi connectivity index (χ0v) is 28.7. The first kappa shape index (κ1) is 34.0. The molecule has 2 aliphatic heterocycles. The highest BCUT2D eigenvalue weighted by Crippen LogP contribution is 2.49. The first-order valence-corrected chi connectivity index (χ1v) is 17.9. The van der Waals surface area contributed by atoms with Crippen LogP contribution < -0.4 is 15.0 Å². The van der Waals surface area contributed by atoms with Gasteiger partial charge in [0.2, 0.25) is 5.88 Å². The number of nitrogens with zero attached hydrogens (tertiary/aromatic N) is 3. The Bertz CT molecular complexity index is 1740. The number of anilines is 1. The summed E-state index contributed by atoms with van der Waals surface area (Å²) in [5.74, 6) is 0.0184. The van der Waals surface area contributed by atoms with Crippen molar-refractivity contribution in [1.82, 2.24) is 15.2 Å². The van der Waals surface area contributed by atoms with E-state index in [1.165, 1.54) is 6.07 Å². The van der Waals surface area contributed by atoms with Gasteiger partial charge in [-0.05, 0) is 98.5 Å². The number of alkyl halides is 1. The van der Waals surface area contributed by atoms with Crippen LogP contribution in [0.2, 0.25) is 0 Å². The maximum atomic E-state index is 15.6. The number of hydrogen-bond acceptors (Lipinski definition) is 6. The molecule has 4 aromatic rings. The quantitative estimate of drug-likeness (QED) is 0.183. The lowest BCUT2D eigenvalue weighted by Gasteiger charge is -2.52. The lowest BCUT2D eigenvalue weighted by atomic mass is 9.60. The van der Waals surface area contributed by atoms with Gasteiger partial charge in [0.05, 0.1) is 5.69 Å². The molecule has 1 amide bonds. The number of piperidine rings is 2. The third-order valence-electron chi connectivity index (χ3n) is 10.8. The van der Waals surface area contributed by atoms with Crippen LogP contribution in [-0.2, 0) is 18.0 Å². The molecule has 2 saturated heterocycles. The molecular weight excluding hydrogens is 634 g/mol. The van der Waals surface area contributed by atoms with Crippen molar-refractivity contribution in [1.29, 1.82) is 0 Å². The SMILES string of the molecule is Cc1ccc(-c2ccc(N3CC[C@@H](CN4CCC5(CC4)CC(NC(=O)OCc4ccccc4)C5)[C@@H](F)C3)c(F)c2)c(OCc2ccccc2)n1.